The Morgan fingerprint density at radius 1 is 0.970 bits per heavy atom. The van der Waals surface area contributed by atoms with E-state index in [0.29, 0.717) is 32.7 Å². The molecule has 168 valence electrons. The monoisotopic (exact) mass is 484 g/mol. The first-order valence-electron chi connectivity index (χ1n) is 9.95. The summed E-state index contributed by atoms with van der Waals surface area (Å²) in [5.74, 6) is 0.403. The predicted octanol–water partition coefficient (Wildman–Crippen LogP) is 6.15. The predicted molar refractivity (Wildman–Crippen MR) is 127 cm³/mol. The highest BCUT2D eigenvalue weighted by atomic mass is 35.5. The molecule has 0 saturated heterocycles. The number of esters is 1. The first-order valence-corrected chi connectivity index (χ1v) is 10.7. The van der Waals surface area contributed by atoms with Crippen LogP contribution in [0.3, 0.4) is 0 Å². The lowest BCUT2D eigenvalue weighted by molar-refractivity contribution is -0.135. The van der Waals surface area contributed by atoms with Crippen LogP contribution in [0.25, 0.3) is 22.3 Å². The van der Waals surface area contributed by atoms with E-state index in [-0.39, 0.29) is 29.9 Å². The van der Waals surface area contributed by atoms with Gasteiger partial charge in [-0.05, 0) is 54.6 Å². The highest BCUT2D eigenvalue weighted by Gasteiger charge is 2.22. The Bertz CT molecular complexity index is 1360. The summed E-state index contributed by atoms with van der Waals surface area (Å²) >= 11 is 12.4. The van der Waals surface area contributed by atoms with Crippen LogP contribution in [0, 0.1) is 0 Å². The zero-order valence-electron chi connectivity index (χ0n) is 17.5. The molecule has 0 saturated carbocycles. The van der Waals surface area contributed by atoms with E-state index in [1.54, 1.807) is 67.8 Å². The maximum absolute atomic E-state index is 13.2. The van der Waals surface area contributed by atoms with Crippen molar-refractivity contribution >= 4 is 40.1 Å². The maximum Gasteiger partial charge on any atom is 0.314 e. The number of hydrogen-bond donors (Lipinski definition) is 0. The van der Waals surface area contributed by atoms with Gasteiger partial charge in [-0.1, -0.05) is 35.3 Å². The summed E-state index contributed by atoms with van der Waals surface area (Å²) in [4.78, 5) is 25.8. The van der Waals surface area contributed by atoms with Gasteiger partial charge >= 0.3 is 5.97 Å². The van der Waals surface area contributed by atoms with E-state index in [1.807, 2.05) is 0 Å². The fourth-order valence-electron chi connectivity index (χ4n) is 3.15. The van der Waals surface area contributed by atoms with Crippen LogP contribution in [0.1, 0.15) is 6.42 Å². The van der Waals surface area contributed by atoms with Gasteiger partial charge in [0.25, 0.3) is 0 Å². The van der Waals surface area contributed by atoms with Crippen LogP contribution in [-0.2, 0) is 4.79 Å². The molecule has 1 aromatic heterocycles. The number of methoxy groups -OCH3 is 1. The zero-order valence-corrected chi connectivity index (χ0v) is 19.0. The second-order valence-corrected chi connectivity index (χ2v) is 7.80. The molecular weight excluding hydrogens is 467 g/mol. The molecule has 0 N–H and O–H groups in total. The third-order valence-corrected chi connectivity index (χ3v) is 5.34. The van der Waals surface area contributed by atoms with E-state index in [2.05, 4.69) is 0 Å². The summed E-state index contributed by atoms with van der Waals surface area (Å²) in [6.07, 6.45) is -0.0962. The van der Waals surface area contributed by atoms with Crippen LogP contribution in [-0.4, -0.2) is 19.7 Å². The Balaban J connectivity index is 1.60. The van der Waals surface area contributed by atoms with E-state index in [1.165, 1.54) is 6.07 Å². The van der Waals surface area contributed by atoms with Crippen LogP contribution in [0.2, 0.25) is 10.0 Å². The molecule has 0 bridgehead atoms. The Labute approximate surface area is 199 Å². The molecule has 0 aliphatic carbocycles. The second-order valence-electron chi connectivity index (χ2n) is 6.96. The van der Waals surface area contributed by atoms with Crippen LogP contribution in [0.15, 0.2) is 75.9 Å². The summed E-state index contributed by atoms with van der Waals surface area (Å²) in [5.41, 5.74) is 0.186. The Kier molecular flexibility index (Phi) is 6.87. The highest BCUT2D eigenvalue weighted by Crippen LogP contribution is 2.35. The van der Waals surface area contributed by atoms with Gasteiger partial charge in [0, 0.05) is 10.6 Å². The SMILES string of the molecule is COc1ccc(OCCC(=O)Oc2c(-c3ccccc3Cl)oc3ccc(Cl)cc3c2=O)cc1. The van der Waals surface area contributed by atoms with Crippen molar-refractivity contribution in [3.05, 3.63) is 87.0 Å². The molecule has 0 aliphatic rings. The third-order valence-electron chi connectivity index (χ3n) is 4.78. The van der Waals surface area contributed by atoms with Gasteiger partial charge in [0.2, 0.25) is 11.2 Å². The third kappa shape index (κ3) is 5.13. The molecule has 4 rings (SSSR count). The molecule has 0 unspecified atom stereocenters. The number of carbonyl (C=O) groups is 1. The summed E-state index contributed by atoms with van der Waals surface area (Å²) in [7, 11) is 1.57. The first-order chi connectivity index (χ1) is 16.0. The minimum Gasteiger partial charge on any atom is -0.497 e. The molecule has 33 heavy (non-hydrogen) atoms. The number of ether oxygens (including phenoxy) is 3. The maximum atomic E-state index is 13.2. The van der Waals surface area contributed by atoms with E-state index in [9.17, 15) is 9.59 Å². The van der Waals surface area contributed by atoms with Crippen molar-refractivity contribution in [3.63, 3.8) is 0 Å². The molecule has 4 aromatic rings. The van der Waals surface area contributed by atoms with Crippen molar-refractivity contribution in [1.29, 1.82) is 0 Å². The second kappa shape index (κ2) is 9.98. The van der Waals surface area contributed by atoms with E-state index < -0.39 is 11.4 Å². The molecule has 0 amide bonds. The van der Waals surface area contributed by atoms with Gasteiger partial charge in [-0.3, -0.25) is 9.59 Å². The largest absolute Gasteiger partial charge is 0.497 e. The van der Waals surface area contributed by atoms with E-state index in [4.69, 9.17) is 41.8 Å². The van der Waals surface area contributed by atoms with Crippen LogP contribution in [0.4, 0.5) is 0 Å². The lowest BCUT2D eigenvalue weighted by atomic mass is 10.1. The number of rotatable bonds is 7. The van der Waals surface area contributed by atoms with Gasteiger partial charge in [0.1, 0.15) is 17.1 Å². The van der Waals surface area contributed by atoms with Crippen molar-refractivity contribution in [2.45, 2.75) is 6.42 Å². The van der Waals surface area contributed by atoms with Crippen molar-refractivity contribution in [2.24, 2.45) is 0 Å². The lowest BCUT2D eigenvalue weighted by Crippen LogP contribution is -2.18. The van der Waals surface area contributed by atoms with Crippen LogP contribution >= 0.6 is 23.2 Å². The Morgan fingerprint density at radius 2 is 1.70 bits per heavy atom. The average Bonchev–Trinajstić information content (AvgIpc) is 2.82. The van der Waals surface area contributed by atoms with Gasteiger partial charge in [-0.2, -0.15) is 0 Å². The molecular formula is C25H18Cl2O6. The van der Waals surface area contributed by atoms with E-state index in [0.717, 1.165) is 0 Å². The summed E-state index contributed by atoms with van der Waals surface area (Å²) in [6, 6.07) is 18.4. The van der Waals surface area contributed by atoms with Gasteiger partial charge in [-0.15, -0.1) is 0 Å². The number of carbonyl (C=O) groups excluding carboxylic acids is 1. The minimum absolute atomic E-state index is 0.0529. The van der Waals surface area contributed by atoms with Crippen molar-refractivity contribution in [2.75, 3.05) is 13.7 Å². The zero-order chi connectivity index (χ0) is 23.4. The lowest BCUT2D eigenvalue weighted by Gasteiger charge is -2.12. The molecule has 0 aliphatic heterocycles. The highest BCUT2D eigenvalue weighted by molar-refractivity contribution is 6.33. The normalized spacial score (nSPS) is 10.8. The topological polar surface area (TPSA) is 75.0 Å². The molecule has 1 heterocycles. The number of fused-ring (bicyclic) bond motifs is 1. The number of benzene rings is 3. The quantitative estimate of drug-likeness (QED) is 0.293. The minimum atomic E-state index is -0.662. The summed E-state index contributed by atoms with van der Waals surface area (Å²) < 4.78 is 22.1. The standard InChI is InChI=1S/C25H18Cl2O6/c1-30-16-7-9-17(10-8-16)31-13-12-22(28)33-25-23(29)19-14-15(26)6-11-21(19)32-24(25)18-4-2-3-5-20(18)27/h2-11,14H,12-13H2,1H3. The Morgan fingerprint density at radius 3 is 2.42 bits per heavy atom. The van der Waals surface area contributed by atoms with Gasteiger partial charge in [0.05, 0.1) is 30.5 Å². The first kappa shape index (κ1) is 22.7. The number of hydrogen-bond acceptors (Lipinski definition) is 6. The van der Waals surface area contributed by atoms with Crippen molar-refractivity contribution < 1.29 is 23.4 Å². The van der Waals surface area contributed by atoms with Gasteiger partial charge in [0.15, 0.2) is 5.76 Å². The average molecular weight is 485 g/mol. The molecule has 0 radical (unpaired) electrons. The van der Waals surface area contributed by atoms with Crippen molar-refractivity contribution in [3.8, 4) is 28.6 Å². The molecule has 0 atom stereocenters. The molecule has 8 heteroatoms. The molecule has 3 aromatic carbocycles. The smallest absolute Gasteiger partial charge is 0.314 e. The molecule has 6 nitrogen and oxygen atoms in total. The summed E-state index contributed by atoms with van der Waals surface area (Å²) in [6.45, 7) is 0.0529. The van der Waals surface area contributed by atoms with Gasteiger partial charge < -0.3 is 18.6 Å². The van der Waals surface area contributed by atoms with Crippen LogP contribution in [0.5, 0.6) is 17.2 Å². The van der Waals surface area contributed by atoms with Gasteiger partial charge in [-0.25, -0.2) is 0 Å². The fourth-order valence-corrected chi connectivity index (χ4v) is 3.55. The summed E-state index contributed by atoms with van der Waals surface area (Å²) in [5, 5.41) is 0.884. The Hall–Kier alpha value is -3.48. The molecule has 0 fully saturated rings. The fraction of sp³-hybridized carbons (Fsp3) is 0.120. The van der Waals surface area contributed by atoms with Crippen molar-refractivity contribution in [1.82, 2.24) is 0 Å². The molecule has 0 spiro atoms. The number of halogens is 2. The van der Waals surface area contributed by atoms with Crippen LogP contribution < -0.4 is 19.6 Å². The van der Waals surface area contributed by atoms with E-state index >= 15 is 0 Å².